The van der Waals surface area contributed by atoms with Gasteiger partial charge < -0.3 is 10.4 Å². The van der Waals surface area contributed by atoms with Gasteiger partial charge in [0, 0.05) is 23.8 Å². The van der Waals surface area contributed by atoms with Crippen molar-refractivity contribution in [1.29, 1.82) is 0 Å². The third-order valence-electron chi connectivity index (χ3n) is 2.25. The zero-order valence-corrected chi connectivity index (χ0v) is 9.95. The Balaban J connectivity index is 2.06. The van der Waals surface area contributed by atoms with Crippen molar-refractivity contribution in [1.82, 2.24) is 14.7 Å². The van der Waals surface area contributed by atoms with Crippen LogP contribution < -0.4 is 5.32 Å². The van der Waals surface area contributed by atoms with Crippen LogP contribution >= 0.6 is 11.3 Å². The second kappa shape index (κ2) is 4.54. The highest BCUT2D eigenvalue weighted by Gasteiger charge is 2.12. The van der Waals surface area contributed by atoms with Crippen LogP contribution in [0.5, 0.6) is 0 Å². The Kier molecular flexibility index (Phi) is 3.10. The lowest BCUT2D eigenvalue weighted by Crippen LogP contribution is -2.26. The summed E-state index contributed by atoms with van der Waals surface area (Å²) in [6.45, 7) is 2.04. The van der Waals surface area contributed by atoms with Gasteiger partial charge in [0.05, 0.1) is 6.42 Å². The number of nitrogens with one attached hydrogen (secondary N) is 1. The summed E-state index contributed by atoms with van der Waals surface area (Å²) in [4.78, 5) is 26.8. The van der Waals surface area contributed by atoms with Gasteiger partial charge in [-0.15, -0.1) is 11.3 Å². The van der Waals surface area contributed by atoms with Gasteiger partial charge in [-0.2, -0.15) is 0 Å². The van der Waals surface area contributed by atoms with E-state index < -0.39 is 5.97 Å². The number of carbonyl (C=O) groups excluding carboxylic acids is 1. The maximum absolute atomic E-state index is 11.6. The number of carboxylic acids is 1. The molecule has 0 bridgehead atoms. The van der Waals surface area contributed by atoms with Crippen molar-refractivity contribution in [2.75, 3.05) is 6.54 Å². The molecule has 0 unspecified atom stereocenters. The molecule has 0 aliphatic carbocycles. The molecule has 17 heavy (non-hydrogen) atoms. The van der Waals surface area contributed by atoms with Crippen LogP contribution in [0.2, 0.25) is 0 Å². The molecule has 1 amide bonds. The molecule has 0 radical (unpaired) electrons. The van der Waals surface area contributed by atoms with E-state index in [0.717, 1.165) is 10.7 Å². The first-order chi connectivity index (χ1) is 8.08. The number of carbonyl (C=O) groups is 2. The van der Waals surface area contributed by atoms with Crippen LogP contribution in [0.15, 0.2) is 11.6 Å². The molecule has 2 aromatic heterocycles. The topological polar surface area (TPSA) is 83.7 Å². The van der Waals surface area contributed by atoms with Gasteiger partial charge in [-0.05, 0) is 6.92 Å². The van der Waals surface area contributed by atoms with Crippen LogP contribution in [0.1, 0.15) is 22.6 Å². The van der Waals surface area contributed by atoms with E-state index in [1.54, 1.807) is 6.20 Å². The molecule has 90 valence electrons. The molecule has 6 nitrogen and oxygen atoms in total. The minimum atomic E-state index is -0.938. The van der Waals surface area contributed by atoms with Gasteiger partial charge in [0.25, 0.3) is 5.91 Å². The Bertz CT molecular complexity index is 572. The zero-order valence-electron chi connectivity index (χ0n) is 9.14. The number of thiazole rings is 1. The molecule has 2 N–H and O–H groups in total. The van der Waals surface area contributed by atoms with E-state index >= 15 is 0 Å². The molecule has 7 heteroatoms. The van der Waals surface area contributed by atoms with E-state index in [2.05, 4.69) is 10.3 Å². The molecule has 2 heterocycles. The fourth-order valence-corrected chi connectivity index (χ4v) is 2.23. The Labute approximate surface area is 101 Å². The molecule has 2 aromatic rings. The SMILES string of the molecule is Cc1csc2nc(C(=O)NCCC(=O)O)cn12. The highest BCUT2D eigenvalue weighted by atomic mass is 32.1. The summed E-state index contributed by atoms with van der Waals surface area (Å²) in [5, 5.41) is 12.9. The minimum Gasteiger partial charge on any atom is -0.481 e. The maximum Gasteiger partial charge on any atom is 0.305 e. The number of aliphatic carboxylic acids is 1. The van der Waals surface area contributed by atoms with Crippen LogP contribution in [0.3, 0.4) is 0 Å². The summed E-state index contributed by atoms with van der Waals surface area (Å²) in [6.07, 6.45) is 1.56. The average Bonchev–Trinajstić information content (AvgIpc) is 2.81. The molecule has 0 aromatic carbocycles. The van der Waals surface area contributed by atoms with Gasteiger partial charge in [-0.25, -0.2) is 4.98 Å². The predicted octanol–water partition coefficient (Wildman–Crippen LogP) is 0.909. The van der Waals surface area contributed by atoms with Gasteiger partial charge in [-0.3, -0.25) is 14.0 Å². The van der Waals surface area contributed by atoms with Crippen LogP contribution in [0, 0.1) is 6.92 Å². The van der Waals surface area contributed by atoms with Crippen molar-refractivity contribution in [2.45, 2.75) is 13.3 Å². The first-order valence-electron chi connectivity index (χ1n) is 5.01. The van der Waals surface area contributed by atoms with E-state index in [9.17, 15) is 9.59 Å². The van der Waals surface area contributed by atoms with Crippen molar-refractivity contribution in [3.05, 3.63) is 23.0 Å². The number of aryl methyl sites for hydroxylation is 1. The number of hydrogen-bond donors (Lipinski definition) is 2. The average molecular weight is 253 g/mol. The van der Waals surface area contributed by atoms with E-state index in [0.29, 0.717) is 5.69 Å². The highest BCUT2D eigenvalue weighted by Crippen LogP contribution is 2.15. The molecule has 0 aliphatic rings. The van der Waals surface area contributed by atoms with Gasteiger partial charge in [0.2, 0.25) is 0 Å². The third-order valence-corrected chi connectivity index (χ3v) is 3.20. The summed E-state index contributed by atoms with van der Waals surface area (Å²) >= 11 is 1.46. The highest BCUT2D eigenvalue weighted by molar-refractivity contribution is 7.15. The monoisotopic (exact) mass is 253 g/mol. The second-order valence-electron chi connectivity index (χ2n) is 3.56. The fraction of sp³-hybridized carbons (Fsp3) is 0.300. The van der Waals surface area contributed by atoms with Crippen molar-refractivity contribution in [3.8, 4) is 0 Å². The summed E-state index contributed by atoms with van der Waals surface area (Å²) in [5.41, 5.74) is 1.33. The normalized spacial score (nSPS) is 10.6. The molecule has 0 aliphatic heterocycles. The fourth-order valence-electron chi connectivity index (χ4n) is 1.38. The number of aromatic nitrogens is 2. The number of imidazole rings is 1. The lowest BCUT2D eigenvalue weighted by molar-refractivity contribution is -0.136. The van der Waals surface area contributed by atoms with Crippen molar-refractivity contribution in [3.63, 3.8) is 0 Å². The molecule has 0 atom stereocenters. The van der Waals surface area contributed by atoms with Gasteiger partial charge in [0.15, 0.2) is 4.96 Å². The number of rotatable bonds is 4. The van der Waals surface area contributed by atoms with E-state index in [4.69, 9.17) is 5.11 Å². The number of carboxylic acid groups (broad SMARTS) is 1. The van der Waals surface area contributed by atoms with E-state index in [-0.39, 0.29) is 18.9 Å². The number of fused-ring (bicyclic) bond motifs is 1. The van der Waals surface area contributed by atoms with Crippen LogP contribution in [0.25, 0.3) is 4.96 Å². The smallest absolute Gasteiger partial charge is 0.305 e. The number of hydrogen-bond acceptors (Lipinski definition) is 4. The summed E-state index contributed by atoms with van der Waals surface area (Å²) in [5.74, 6) is -1.28. The number of nitrogens with zero attached hydrogens (tertiary/aromatic N) is 2. The predicted molar refractivity (Wildman–Crippen MR) is 62.4 cm³/mol. The van der Waals surface area contributed by atoms with Gasteiger partial charge in [0.1, 0.15) is 5.69 Å². The van der Waals surface area contributed by atoms with E-state index in [1.165, 1.54) is 11.3 Å². The Morgan fingerprint density at radius 1 is 1.59 bits per heavy atom. The largest absolute Gasteiger partial charge is 0.481 e. The summed E-state index contributed by atoms with van der Waals surface area (Å²) in [6, 6.07) is 0. The molecule has 0 fully saturated rings. The minimum absolute atomic E-state index is 0.0903. The summed E-state index contributed by atoms with van der Waals surface area (Å²) in [7, 11) is 0. The molecule has 0 saturated carbocycles. The molecule has 0 saturated heterocycles. The van der Waals surface area contributed by atoms with Crippen molar-refractivity contribution >= 4 is 28.2 Å². The molecular weight excluding hydrogens is 242 g/mol. The standard InChI is InChI=1S/C10H11N3O3S/c1-6-5-17-10-12-7(4-13(6)10)9(16)11-3-2-8(14)15/h4-5H,2-3H2,1H3,(H,11,16)(H,14,15). The molecule has 2 rings (SSSR count). The lowest BCUT2D eigenvalue weighted by atomic mass is 10.4. The second-order valence-corrected chi connectivity index (χ2v) is 4.39. The summed E-state index contributed by atoms with van der Waals surface area (Å²) < 4.78 is 1.83. The Hall–Kier alpha value is -1.89. The van der Waals surface area contributed by atoms with Gasteiger partial charge >= 0.3 is 5.97 Å². The van der Waals surface area contributed by atoms with Crippen LogP contribution in [-0.2, 0) is 4.79 Å². The Morgan fingerprint density at radius 2 is 2.35 bits per heavy atom. The van der Waals surface area contributed by atoms with Gasteiger partial charge in [-0.1, -0.05) is 0 Å². The number of amides is 1. The quantitative estimate of drug-likeness (QED) is 0.848. The van der Waals surface area contributed by atoms with Crippen molar-refractivity contribution < 1.29 is 14.7 Å². The van der Waals surface area contributed by atoms with Crippen molar-refractivity contribution in [2.24, 2.45) is 0 Å². The first kappa shape index (κ1) is 11.6. The first-order valence-corrected chi connectivity index (χ1v) is 5.89. The zero-order chi connectivity index (χ0) is 12.4. The molecular formula is C10H11N3O3S. The lowest BCUT2D eigenvalue weighted by Gasteiger charge is -1.99. The maximum atomic E-state index is 11.6. The Morgan fingerprint density at radius 3 is 3.00 bits per heavy atom. The molecule has 0 spiro atoms. The van der Waals surface area contributed by atoms with Crippen LogP contribution in [-0.4, -0.2) is 32.9 Å². The van der Waals surface area contributed by atoms with Crippen LogP contribution in [0.4, 0.5) is 0 Å². The van der Waals surface area contributed by atoms with E-state index in [1.807, 2.05) is 16.7 Å². The third kappa shape index (κ3) is 2.44.